The third-order valence-corrected chi connectivity index (χ3v) is 7.37. The molecule has 9 nitrogen and oxygen atoms in total. The van der Waals surface area contributed by atoms with Gasteiger partial charge in [0.05, 0.1) is 0 Å². The number of amides is 3. The third kappa shape index (κ3) is 9.56. The molecule has 0 aromatic heterocycles. The van der Waals surface area contributed by atoms with Crippen LogP contribution in [0.4, 0.5) is 17.1 Å². The Hall–Kier alpha value is -3.96. The average molecular weight is 589 g/mol. The molecule has 0 bridgehead atoms. The van der Waals surface area contributed by atoms with Crippen LogP contribution in [0.5, 0.6) is 0 Å². The smallest absolute Gasteiger partial charge is 0.0577 e. The number of carbonyl (C=O) groups excluding carboxylic acids is 3. The molecule has 1 unspecified atom stereocenters. The van der Waals surface area contributed by atoms with Crippen molar-refractivity contribution in [2.24, 2.45) is 0 Å². The van der Waals surface area contributed by atoms with E-state index >= 15 is 0 Å². The summed E-state index contributed by atoms with van der Waals surface area (Å²) in [5.41, 5.74) is 3.79. The number of aryl methyl sites for hydroxylation is 1. The number of hydrogen-bond acceptors (Lipinski definition) is 6. The van der Waals surface area contributed by atoms with E-state index in [0.29, 0.717) is 24.1 Å². The second-order valence-corrected chi connectivity index (χ2v) is 12.6. The standard InChI is InChI=1S/C31H37BN4O5S/c1-20-6-12-23(13-7-20)34-29(38)25-15-14-24(35-30(39)26(33-19-32-40)16-17-42(5)41)18-27(25)36-28(37)21-8-10-22(11-9-21)31(2,3)4/h6-15,18,26,33H,16-17,19H2,1-5H3,(H,34,38)(H,35,39)(H,36,37)/t26-,42?/m0/s1. The van der Waals surface area contributed by atoms with Crippen LogP contribution >= 0.6 is 0 Å². The van der Waals surface area contributed by atoms with Crippen molar-refractivity contribution in [3.05, 3.63) is 89.0 Å². The topological polar surface area (TPSA) is 133 Å². The summed E-state index contributed by atoms with van der Waals surface area (Å²) in [6.07, 6.45) is 1.76. The van der Waals surface area contributed by atoms with Gasteiger partial charge in [0.1, 0.15) is 0 Å². The van der Waals surface area contributed by atoms with Crippen LogP contribution in [0.1, 0.15) is 59.0 Å². The molecule has 0 aliphatic carbocycles. The van der Waals surface area contributed by atoms with Crippen molar-refractivity contribution in [1.82, 2.24) is 5.32 Å². The molecule has 0 saturated carbocycles. The van der Waals surface area contributed by atoms with E-state index in [4.69, 9.17) is 0 Å². The molecule has 42 heavy (non-hydrogen) atoms. The van der Waals surface area contributed by atoms with Crippen LogP contribution in [0.15, 0.2) is 66.7 Å². The Morgan fingerprint density at radius 3 is 2.10 bits per heavy atom. The van der Waals surface area contributed by atoms with E-state index in [-0.39, 0.29) is 35.3 Å². The van der Waals surface area contributed by atoms with Crippen molar-refractivity contribution in [3.63, 3.8) is 0 Å². The van der Waals surface area contributed by atoms with Gasteiger partial charge in [-0.2, -0.15) is 0 Å². The van der Waals surface area contributed by atoms with Crippen LogP contribution < -0.4 is 21.3 Å². The van der Waals surface area contributed by atoms with E-state index in [1.807, 2.05) is 31.2 Å². The average Bonchev–Trinajstić information content (AvgIpc) is 2.93. The van der Waals surface area contributed by atoms with E-state index in [9.17, 15) is 23.3 Å². The van der Waals surface area contributed by atoms with Gasteiger partial charge in [-0.3, -0.25) is 0 Å². The molecule has 0 spiro atoms. The minimum Gasteiger partial charge on any atom is -0.0577 e. The number of hydrogen-bond donors (Lipinski definition) is 4. The fourth-order valence-electron chi connectivity index (χ4n) is 4.10. The van der Waals surface area contributed by atoms with Crippen LogP contribution in [0.3, 0.4) is 0 Å². The number of anilines is 3. The number of carbonyl (C=O) groups is 3. The summed E-state index contributed by atoms with van der Waals surface area (Å²) in [6, 6.07) is 18.4. The molecule has 3 amide bonds. The normalized spacial score (nSPS) is 12.5. The van der Waals surface area contributed by atoms with Gasteiger partial charge in [-0.25, -0.2) is 0 Å². The summed E-state index contributed by atoms with van der Waals surface area (Å²) < 4.78 is 22.5. The van der Waals surface area contributed by atoms with Crippen molar-refractivity contribution in [3.8, 4) is 0 Å². The molecule has 0 aliphatic rings. The summed E-state index contributed by atoms with van der Waals surface area (Å²) in [5.74, 6) is -1.02. The predicted molar refractivity (Wildman–Crippen MR) is 169 cm³/mol. The van der Waals surface area contributed by atoms with Gasteiger partial charge >= 0.3 is 170 Å². The molecule has 0 saturated heterocycles. The van der Waals surface area contributed by atoms with Crippen LogP contribution in [-0.4, -0.2) is 53.6 Å². The summed E-state index contributed by atoms with van der Waals surface area (Å²) in [5, 5.41) is 11.3. The summed E-state index contributed by atoms with van der Waals surface area (Å²) >= 11 is 0. The zero-order valence-electron chi connectivity index (χ0n) is 24.6. The molecule has 4 N–H and O–H groups in total. The second-order valence-electron chi connectivity index (χ2n) is 11.0. The number of rotatable bonds is 12. The quantitative estimate of drug-likeness (QED) is 0.231. The van der Waals surface area contributed by atoms with Gasteiger partial charge in [-0.15, -0.1) is 0 Å². The van der Waals surface area contributed by atoms with E-state index in [0.717, 1.165) is 11.1 Å². The summed E-state index contributed by atoms with van der Waals surface area (Å²) in [6.45, 7) is 8.20. The molecule has 11 heteroatoms. The van der Waals surface area contributed by atoms with Crippen molar-refractivity contribution >= 4 is 52.7 Å². The molecular formula is C31H37BN4O5S. The van der Waals surface area contributed by atoms with Crippen LogP contribution in [-0.2, 0) is 25.7 Å². The van der Waals surface area contributed by atoms with Crippen LogP contribution in [0.2, 0.25) is 0 Å². The Bertz CT molecular complexity index is 1450. The van der Waals surface area contributed by atoms with Crippen LogP contribution in [0, 0.1) is 6.92 Å². The molecule has 0 radical (unpaired) electrons. The first-order valence-corrected chi connectivity index (χ1v) is 15.3. The Balaban J connectivity index is 1.90. The molecular weight excluding hydrogens is 551 g/mol. The summed E-state index contributed by atoms with van der Waals surface area (Å²) in [4.78, 5) is 39.6. The molecule has 0 heterocycles. The first kappa shape index (κ1) is 32.6. The Morgan fingerprint density at radius 2 is 1.50 bits per heavy atom. The van der Waals surface area contributed by atoms with Crippen molar-refractivity contribution < 1.29 is 23.3 Å². The number of nitrogens with one attached hydrogen (secondary N) is 4. The van der Waals surface area contributed by atoms with Crippen molar-refractivity contribution in [2.75, 3.05) is 34.4 Å². The molecule has 0 fully saturated rings. The van der Waals surface area contributed by atoms with E-state index in [1.54, 1.807) is 36.6 Å². The maximum atomic E-state index is 13.3. The van der Waals surface area contributed by atoms with Gasteiger partial charge in [0.2, 0.25) is 0 Å². The van der Waals surface area contributed by atoms with Crippen LogP contribution in [0.25, 0.3) is 0 Å². The van der Waals surface area contributed by atoms with Crippen molar-refractivity contribution in [1.29, 1.82) is 0 Å². The van der Waals surface area contributed by atoms with Crippen molar-refractivity contribution in [2.45, 2.75) is 45.6 Å². The van der Waals surface area contributed by atoms with Gasteiger partial charge in [0, 0.05) is 0 Å². The van der Waals surface area contributed by atoms with Gasteiger partial charge < -0.3 is 0 Å². The Labute approximate surface area is 250 Å². The van der Waals surface area contributed by atoms with E-state index < -0.39 is 34.6 Å². The Morgan fingerprint density at radius 1 is 0.857 bits per heavy atom. The van der Waals surface area contributed by atoms with Gasteiger partial charge in [-0.05, 0) is 30.0 Å². The fourth-order valence-corrected chi connectivity index (χ4v) is 4.67. The third-order valence-electron chi connectivity index (χ3n) is 6.56. The fraction of sp³-hybridized carbons (Fsp3) is 0.323. The van der Waals surface area contributed by atoms with Gasteiger partial charge in [-0.1, -0.05) is 50.6 Å². The number of benzene rings is 3. The van der Waals surface area contributed by atoms with Gasteiger partial charge in [0.25, 0.3) is 0 Å². The SMILES string of the molecule is Cc1ccc(NC(=O)c2ccc(NC(=O)[C@H](CCS(C)=O)NCB=O)cc2NC(=O)c2ccc(C(C)(C)C)cc2)cc1. The minimum atomic E-state index is -1.12. The van der Waals surface area contributed by atoms with Gasteiger partial charge in [0.15, 0.2) is 0 Å². The van der Waals surface area contributed by atoms with E-state index in [2.05, 4.69) is 42.0 Å². The summed E-state index contributed by atoms with van der Waals surface area (Å²) in [7, 11) is -0.472. The molecule has 2 atom stereocenters. The zero-order chi connectivity index (χ0) is 30.9. The van der Waals surface area contributed by atoms with E-state index in [1.165, 1.54) is 12.1 Å². The Kier molecular flexibility index (Phi) is 11.5. The minimum absolute atomic E-state index is 0.0398. The monoisotopic (exact) mass is 588 g/mol. The second kappa shape index (κ2) is 14.8. The molecule has 220 valence electrons. The first-order chi connectivity index (χ1) is 19.9. The molecule has 0 aliphatic heterocycles. The zero-order valence-corrected chi connectivity index (χ0v) is 25.4. The predicted octanol–water partition coefficient (Wildman–Crippen LogP) is 4.47. The maximum absolute atomic E-state index is 13.3. The molecule has 3 rings (SSSR count). The first-order valence-electron chi connectivity index (χ1n) is 13.6. The molecule has 3 aromatic rings. The molecule has 3 aromatic carbocycles.